The Morgan fingerprint density at radius 3 is 2.64 bits per heavy atom. The van der Waals surface area contributed by atoms with Crippen LogP contribution in [0.2, 0.25) is 0 Å². The zero-order chi connectivity index (χ0) is 8.85. The van der Waals surface area contributed by atoms with Gasteiger partial charge in [-0.15, -0.1) is 0 Å². The fourth-order valence-electron chi connectivity index (χ4n) is 0.476. The number of ketones is 1. The molecule has 0 aliphatic heterocycles. The van der Waals surface area contributed by atoms with E-state index in [1.54, 1.807) is 0 Å². The summed E-state index contributed by atoms with van der Waals surface area (Å²) in [7, 11) is 0. The molecule has 0 unspecified atom stereocenters. The Balaban J connectivity index is 3.86. The van der Waals surface area contributed by atoms with Crippen molar-refractivity contribution < 1.29 is 14.0 Å². The van der Waals surface area contributed by atoms with Crippen LogP contribution in [-0.4, -0.2) is 30.6 Å². The molecular weight excluding hydrogens is 151 g/mol. The van der Waals surface area contributed by atoms with Gasteiger partial charge in [-0.25, -0.2) is 4.39 Å². The molecule has 0 heterocycles. The molecular formula is C6H9FN2O2. The van der Waals surface area contributed by atoms with Gasteiger partial charge in [0.05, 0.1) is 12.3 Å². The molecule has 62 valence electrons. The summed E-state index contributed by atoms with van der Waals surface area (Å²) in [6.45, 7) is 0.247. The SMILES string of the molecule is C[C@@H](NC(=O)CF)C(=O)C=N. The Kier molecular flexibility index (Phi) is 4.02. The van der Waals surface area contributed by atoms with E-state index in [-0.39, 0.29) is 0 Å². The van der Waals surface area contributed by atoms with Crippen LogP contribution in [-0.2, 0) is 9.59 Å². The van der Waals surface area contributed by atoms with Crippen molar-refractivity contribution >= 4 is 17.9 Å². The minimum atomic E-state index is -1.14. The third-order valence-corrected chi connectivity index (χ3v) is 1.07. The maximum Gasteiger partial charge on any atom is 0.251 e. The molecule has 4 nitrogen and oxygen atoms in total. The van der Waals surface area contributed by atoms with Crippen LogP contribution < -0.4 is 5.32 Å². The number of halogens is 1. The highest BCUT2D eigenvalue weighted by Crippen LogP contribution is 1.82. The quantitative estimate of drug-likeness (QED) is 0.553. The molecule has 0 radical (unpaired) electrons. The average Bonchev–Trinajstić information content (AvgIpc) is 2.02. The Labute approximate surface area is 63.3 Å². The van der Waals surface area contributed by atoms with Crippen molar-refractivity contribution in [3.05, 3.63) is 0 Å². The maximum atomic E-state index is 11.5. The van der Waals surface area contributed by atoms with Gasteiger partial charge in [0.1, 0.15) is 0 Å². The lowest BCUT2D eigenvalue weighted by molar-refractivity contribution is -0.125. The monoisotopic (exact) mass is 160 g/mol. The first-order valence-corrected chi connectivity index (χ1v) is 3.01. The van der Waals surface area contributed by atoms with Crippen molar-refractivity contribution in [1.29, 1.82) is 5.41 Å². The van der Waals surface area contributed by atoms with Crippen LogP contribution in [0.4, 0.5) is 4.39 Å². The van der Waals surface area contributed by atoms with E-state index in [4.69, 9.17) is 5.41 Å². The van der Waals surface area contributed by atoms with Gasteiger partial charge >= 0.3 is 0 Å². The topological polar surface area (TPSA) is 70.0 Å². The first kappa shape index (κ1) is 9.74. The predicted octanol–water partition coefficient (Wildman–Crippen LogP) is -0.321. The van der Waals surface area contributed by atoms with E-state index in [2.05, 4.69) is 5.32 Å². The lowest BCUT2D eigenvalue weighted by atomic mass is 10.2. The van der Waals surface area contributed by atoms with Crippen molar-refractivity contribution in [3.8, 4) is 0 Å². The molecule has 0 fully saturated rings. The number of rotatable bonds is 4. The molecule has 2 N–H and O–H groups in total. The fourth-order valence-corrected chi connectivity index (χ4v) is 0.476. The highest BCUT2D eigenvalue weighted by molar-refractivity contribution is 6.28. The van der Waals surface area contributed by atoms with Crippen molar-refractivity contribution in [3.63, 3.8) is 0 Å². The molecule has 0 bridgehead atoms. The molecule has 11 heavy (non-hydrogen) atoms. The van der Waals surface area contributed by atoms with Gasteiger partial charge < -0.3 is 10.7 Å². The zero-order valence-electron chi connectivity index (χ0n) is 6.06. The number of hydrogen-bond donors (Lipinski definition) is 2. The van der Waals surface area contributed by atoms with Crippen molar-refractivity contribution in [2.45, 2.75) is 13.0 Å². The smallest absolute Gasteiger partial charge is 0.251 e. The third-order valence-electron chi connectivity index (χ3n) is 1.07. The van der Waals surface area contributed by atoms with Gasteiger partial charge in [0.25, 0.3) is 5.91 Å². The first-order chi connectivity index (χ1) is 5.11. The van der Waals surface area contributed by atoms with Crippen LogP contribution in [0.5, 0.6) is 0 Å². The van der Waals surface area contributed by atoms with Crippen LogP contribution in [0.1, 0.15) is 6.92 Å². The summed E-state index contributed by atoms with van der Waals surface area (Å²) in [5.41, 5.74) is 0. The Morgan fingerprint density at radius 1 is 1.73 bits per heavy atom. The Morgan fingerprint density at radius 2 is 2.27 bits per heavy atom. The second kappa shape index (κ2) is 4.54. The van der Waals surface area contributed by atoms with Crippen LogP contribution in [0.3, 0.4) is 0 Å². The van der Waals surface area contributed by atoms with Crippen LogP contribution in [0.15, 0.2) is 0 Å². The second-order valence-electron chi connectivity index (χ2n) is 1.97. The van der Waals surface area contributed by atoms with Gasteiger partial charge in [-0.3, -0.25) is 9.59 Å². The molecule has 0 rings (SSSR count). The number of nitrogens with one attached hydrogen (secondary N) is 2. The molecule has 5 heteroatoms. The van der Waals surface area contributed by atoms with Gasteiger partial charge in [0, 0.05) is 0 Å². The molecule has 0 aromatic carbocycles. The molecule has 0 aliphatic carbocycles. The number of carbonyl (C=O) groups is 2. The van der Waals surface area contributed by atoms with E-state index in [1.807, 2.05) is 0 Å². The Bertz CT molecular complexity index is 181. The number of Topliss-reactive ketones (excluding diaryl/α,β-unsaturated/α-hetero) is 1. The van der Waals surface area contributed by atoms with Gasteiger partial charge in [-0.1, -0.05) is 0 Å². The third kappa shape index (κ3) is 3.44. The minimum Gasteiger partial charge on any atom is -0.344 e. The van der Waals surface area contributed by atoms with E-state index in [0.29, 0.717) is 6.21 Å². The molecule has 0 aromatic rings. The Hall–Kier alpha value is -1.26. The molecule has 0 spiro atoms. The van der Waals surface area contributed by atoms with E-state index in [1.165, 1.54) is 6.92 Å². The largest absolute Gasteiger partial charge is 0.344 e. The van der Waals surface area contributed by atoms with Gasteiger partial charge in [-0.05, 0) is 6.92 Å². The molecule has 0 saturated carbocycles. The van der Waals surface area contributed by atoms with Crippen LogP contribution in [0.25, 0.3) is 0 Å². The molecule has 1 atom stereocenters. The molecule has 0 aliphatic rings. The van der Waals surface area contributed by atoms with E-state index < -0.39 is 24.4 Å². The summed E-state index contributed by atoms with van der Waals surface area (Å²) in [5, 5.41) is 8.59. The molecule has 0 saturated heterocycles. The average molecular weight is 160 g/mol. The van der Waals surface area contributed by atoms with E-state index in [9.17, 15) is 14.0 Å². The molecule has 1 amide bonds. The van der Waals surface area contributed by atoms with Gasteiger partial charge in [0.2, 0.25) is 0 Å². The summed E-state index contributed by atoms with van der Waals surface area (Å²) >= 11 is 0. The molecule has 0 aromatic heterocycles. The van der Waals surface area contributed by atoms with Crippen LogP contribution >= 0.6 is 0 Å². The first-order valence-electron chi connectivity index (χ1n) is 3.01. The van der Waals surface area contributed by atoms with E-state index >= 15 is 0 Å². The number of alkyl halides is 1. The predicted molar refractivity (Wildman–Crippen MR) is 37.4 cm³/mol. The lowest BCUT2D eigenvalue weighted by Gasteiger charge is -2.07. The lowest BCUT2D eigenvalue weighted by Crippen LogP contribution is -2.39. The number of hydrogen-bond acceptors (Lipinski definition) is 3. The van der Waals surface area contributed by atoms with Gasteiger partial charge in [-0.2, -0.15) is 0 Å². The van der Waals surface area contributed by atoms with E-state index in [0.717, 1.165) is 0 Å². The second-order valence-corrected chi connectivity index (χ2v) is 1.97. The minimum absolute atomic E-state index is 0.549. The normalized spacial score (nSPS) is 11.8. The summed E-state index contributed by atoms with van der Waals surface area (Å²) in [5.74, 6) is -1.39. The van der Waals surface area contributed by atoms with Gasteiger partial charge in [0.15, 0.2) is 12.5 Å². The highest BCUT2D eigenvalue weighted by atomic mass is 19.1. The number of carbonyl (C=O) groups excluding carboxylic acids is 2. The summed E-state index contributed by atoms with van der Waals surface area (Å²) in [6, 6.07) is -0.809. The fraction of sp³-hybridized carbons (Fsp3) is 0.500. The van der Waals surface area contributed by atoms with Crippen molar-refractivity contribution in [2.75, 3.05) is 6.67 Å². The summed E-state index contributed by atoms with van der Waals surface area (Å²) in [4.78, 5) is 20.9. The maximum absolute atomic E-state index is 11.5. The number of amides is 1. The standard InChI is InChI=1S/C6H9FN2O2/c1-4(5(10)3-8)9-6(11)2-7/h3-4,8H,2H2,1H3,(H,9,11)/t4-/m1/s1. The highest BCUT2D eigenvalue weighted by Gasteiger charge is 2.11. The van der Waals surface area contributed by atoms with Crippen LogP contribution in [0, 0.1) is 5.41 Å². The van der Waals surface area contributed by atoms with Crippen molar-refractivity contribution in [1.82, 2.24) is 5.32 Å². The summed E-state index contributed by atoms with van der Waals surface area (Å²) in [6.07, 6.45) is 0.586. The van der Waals surface area contributed by atoms with Crippen molar-refractivity contribution in [2.24, 2.45) is 0 Å². The zero-order valence-corrected chi connectivity index (χ0v) is 6.06. The summed E-state index contributed by atoms with van der Waals surface area (Å²) < 4.78 is 11.5.